The zero-order valence-electron chi connectivity index (χ0n) is 10.9. The number of hydrogen-bond acceptors (Lipinski definition) is 4. The number of nitrogens with zero attached hydrogens (tertiary/aromatic N) is 2. The summed E-state index contributed by atoms with van der Waals surface area (Å²) in [5.74, 6) is 0.883. The largest absolute Gasteiger partial charge is 0.383 e. The average molecular weight is 236 g/mol. The van der Waals surface area contributed by atoms with Gasteiger partial charge in [0.2, 0.25) is 0 Å². The van der Waals surface area contributed by atoms with Crippen LogP contribution in [0.2, 0.25) is 0 Å². The first-order valence-corrected chi connectivity index (χ1v) is 5.82. The second-order valence-corrected chi connectivity index (χ2v) is 4.05. The van der Waals surface area contributed by atoms with E-state index in [1.54, 1.807) is 26.3 Å². The van der Waals surface area contributed by atoms with E-state index in [1.807, 2.05) is 6.07 Å². The Kier molecular flexibility index (Phi) is 5.10. The molecular formula is C13H20N2O2. The summed E-state index contributed by atoms with van der Waals surface area (Å²) < 4.78 is 5.15. The molecule has 0 aliphatic rings. The Morgan fingerprint density at radius 1 is 1.59 bits per heavy atom. The van der Waals surface area contributed by atoms with Gasteiger partial charge in [-0.15, -0.1) is 0 Å². The van der Waals surface area contributed by atoms with Gasteiger partial charge in [-0.1, -0.05) is 0 Å². The van der Waals surface area contributed by atoms with Crippen molar-refractivity contribution in [1.82, 2.24) is 4.98 Å². The standard InChI is InChI=1S/C13H20N2O2/c1-5-15(10(2)9-17-4)13-8-12(11(3)16)6-7-14-13/h6-8,10H,5,9H2,1-4H3. The van der Waals surface area contributed by atoms with Crippen LogP contribution in [-0.4, -0.2) is 37.1 Å². The molecule has 0 radical (unpaired) electrons. The maximum absolute atomic E-state index is 11.3. The van der Waals surface area contributed by atoms with Crippen molar-refractivity contribution in [3.8, 4) is 0 Å². The molecule has 0 saturated carbocycles. The fourth-order valence-electron chi connectivity index (χ4n) is 1.83. The maximum Gasteiger partial charge on any atom is 0.159 e. The number of carbonyl (C=O) groups is 1. The molecular weight excluding hydrogens is 216 g/mol. The highest BCUT2D eigenvalue weighted by atomic mass is 16.5. The summed E-state index contributed by atoms with van der Waals surface area (Å²) in [5, 5.41) is 0. The normalized spacial score (nSPS) is 12.2. The summed E-state index contributed by atoms with van der Waals surface area (Å²) >= 11 is 0. The van der Waals surface area contributed by atoms with Crippen LogP contribution in [0, 0.1) is 0 Å². The lowest BCUT2D eigenvalue weighted by Crippen LogP contribution is -2.36. The summed E-state index contributed by atoms with van der Waals surface area (Å²) in [7, 11) is 1.68. The van der Waals surface area contributed by atoms with Gasteiger partial charge in [0.15, 0.2) is 5.78 Å². The zero-order valence-corrected chi connectivity index (χ0v) is 10.9. The molecule has 1 unspecified atom stereocenters. The number of ether oxygens (including phenoxy) is 1. The van der Waals surface area contributed by atoms with Crippen LogP contribution in [0.15, 0.2) is 18.3 Å². The molecule has 0 aliphatic heterocycles. The average Bonchev–Trinajstić information content (AvgIpc) is 2.30. The molecule has 0 aromatic carbocycles. The lowest BCUT2D eigenvalue weighted by atomic mass is 10.2. The van der Waals surface area contributed by atoms with Crippen molar-refractivity contribution in [3.63, 3.8) is 0 Å². The quantitative estimate of drug-likeness (QED) is 0.710. The molecule has 0 saturated heterocycles. The molecule has 1 aromatic rings. The minimum absolute atomic E-state index is 0.0593. The first-order valence-electron chi connectivity index (χ1n) is 5.82. The van der Waals surface area contributed by atoms with Gasteiger partial charge in [-0.05, 0) is 32.9 Å². The van der Waals surface area contributed by atoms with Crippen molar-refractivity contribution in [2.45, 2.75) is 26.8 Å². The Morgan fingerprint density at radius 2 is 2.29 bits per heavy atom. The van der Waals surface area contributed by atoms with Crippen molar-refractivity contribution in [2.24, 2.45) is 0 Å². The van der Waals surface area contributed by atoms with Gasteiger partial charge in [-0.2, -0.15) is 0 Å². The second-order valence-electron chi connectivity index (χ2n) is 4.05. The molecule has 17 heavy (non-hydrogen) atoms. The molecule has 0 amide bonds. The third kappa shape index (κ3) is 3.53. The molecule has 4 nitrogen and oxygen atoms in total. The Bertz CT molecular complexity index is 379. The molecule has 1 atom stereocenters. The van der Waals surface area contributed by atoms with E-state index in [9.17, 15) is 4.79 Å². The number of likely N-dealkylation sites (N-methyl/N-ethyl adjacent to an activating group) is 1. The molecule has 0 bridgehead atoms. The Labute approximate surface area is 103 Å². The fraction of sp³-hybridized carbons (Fsp3) is 0.538. The first-order chi connectivity index (χ1) is 8.10. The Balaban J connectivity index is 2.95. The number of aromatic nitrogens is 1. The van der Waals surface area contributed by atoms with Gasteiger partial charge in [0.05, 0.1) is 12.6 Å². The van der Waals surface area contributed by atoms with Gasteiger partial charge in [0.25, 0.3) is 0 Å². The van der Waals surface area contributed by atoms with E-state index in [1.165, 1.54) is 0 Å². The van der Waals surface area contributed by atoms with Gasteiger partial charge >= 0.3 is 0 Å². The third-order valence-electron chi connectivity index (χ3n) is 2.73. The monoisotopic (exact) mass is 236 g/mol. The fourth-order valence-corrected chi connectivity index (χ4v) is 1.83. The van der Waals surface area contributed by atoms with Gasteiger partial charge in [0.1, 0.15) is 5.82 Å². The van der Waals surface area contributed by atoms with E-state index in [0.29, 0.717) is 12.2 Å². The molecule has 0 spiro atoms. The van der Waals surface area contributed by atoms with Crippen LogP contribution in [0.1, 0.15) is 31.1 Å². The van der Waals surface area contributed by atoms with Crippen LogP contribution in [0.3, 0.4) is 0 Å². The minimum atomic E-state index is 0.0593. The van der Waals surface area contributed by atoms with E-state index < -0.39 is 0 Å². The molecule has 94 valence electrons. The first kappa shape index (κ1) is 13.6. The van der Waals surface area contributed by atoms with Crippen molar-refractivity contribution < 1.29 is 9.53 Å². The molecule has 0 N–H and O–H groups in total. The van der Waals surface area contributed by atoms with Gasteiger partial charge in [-0.25, -0.2) is 4.98 Å². The summed E-state index contributed by atoms with van der Waals surface area (Å²) in [4.78, 5) is 17.8. The van der Waals surface area contributed by atoms with Crippen LogP contribution < -0.4 is 4.90 Å². The number of hydrogen-bond donors (Lipinski definition) is 0. The number of anilines is 1. The number of pyridine rings is 1. The zero-order chi connectivity index (χ0) is 12.8. The molecule has 0 aliphatic carbocycles. The highest BCUT2D eigenvalue weighted by Crippen LogP contribution is 2.16. The number of ketones is 1. The highest BCUT2D eigenvalue weighted by Gasteiger charge is 2.14. The molecule has 0 fully saturated rings. The molecule has 1 rings (SSSR count). The Morgan fingerprint density at radius 3 is 2.82 bits per heavy atom. The van der Waals surface area contributed by atoms with Gasteiger partial charge in [-0.3, -0.25) is 4.79 Å². The van der Waals surface area contributed by atoms with Crippen molar-refractivity contribution in [3.05, 3.63) is 23.9 Å². The summed E-state index contributed by atoms with van der Waals surface area (Å²) in [5.41, 5.74) is 0.693. The number of carbonyl (C=O) groups excluding carboxylic acids is 1. The van der Waals surface area contributed by atoms with E-state index in [-0.39, 0.29) is 11.8 Å². The van der Waals surface area contributed by atoms with Crippen LogP contribution >= 0.6 is 0 Å². The van der Waals surface area contributed by atoms with Gasteiger partial charge < -0.3 is 9.64 Å². The van der Waals surface area contributed by atoms with E-state index >= 15 is 0 Å². The Hall–Kier alpha value is -1.42. The van der Waals surface area contributed by atoms with Gasteiger partial charge in [0, 0.05) is 25.4 Å². The van der Waals surface area contributed by atoms with Crippen LogP contribution in [0.4, 0.5) is 5.82 Å². The highest BCUT2D eigenvalue weighted by molar-refractivity contribution is 5.94. The SMILES string of the molecule is CCN(c1cc(C(C)=O)ccn1)C(C)COC. The predicted octanol–water partition coefficient (Wildman–Crippen LogP) is 2.15. The number of rotatable bonds is 6. The lowest BCUT2D eigenvalue weighted by molar-refractivity contribution is 0.101. The molecule has 1 heterocycles. The van der Waals surface area contributed by atoms with Crippen molar-refractivity contribution in [1.29, 1.82) is 0 Å². The smallest absolute Gasteiger partial charge is 0.159 e. The lowest BCUT2D eigenvalue weighted by Gasteiger charge is -2.28. The number of methoxy groups -OCH3 is 1. The molecule has 1 aromatic heterocycles. The topological polar surface area (TPSA) is 42.4 Å². The molecule has 4 heteroatoms. The van der Waals surface area contributed by atoms with Crippen LogP contribution in [0.25, 0.3) is 0 Å². The van der Waals surface area contributed by atoms with Crippen molar-refractivity contribution in [2.75, 3.05) is 25.2 Å². The van der Waals surface area contributed by atoms with E-state index in [4.69, 9.17) is 4.74 Å². The summed E-state index contributed by atoms with van der Waals surface area (Å²) in [6, 6.07) is 3.80. The minimum Gasteiger partial charge on any atom is -0.383 e. The van der Waals surface area contributed by atoms with E-state index in [0.717, 1.165) is 12.4 Å². The van der Waals surface area contributed by atoms with Crippen LogP contribution in [0.5, 0.6) is 0 Å². The maximum atomic E-state index is 11.3. The summed E-state index contributed by atoms with van der Waals surface area (Å²) in [6.45, 7) is 7.18. The number of Topliss-reactive ketones (excluding diaryl/α,β-unsaturated/α-hetero) is 1. The second kappa shape index (κ2) is 6.35. The van der Waals surface area contributed by atoms with Crippen LogP contribution in [-0.2, 0) is 4.74 Å². The third-order valence-corrected chi connectivity index (χ3v) is 2.73. The van der Waals surface area contributed by atoms with Crippen molar-refractivity contribution >= 4 is 11.6 Å². The predicted molar refractivity (Wildman–Crippen MR) is 68.6 cm³/mol. The van der Waals surface area contributed by atoms with E-state index in [2.05, 4.69) is 23.7 Å². The summed E-state index contributed by atoms with van der Waals surface area (Å²) in [6.07, 6.45) is 1.67.